The third-order valence-corrected chi connectivity index (χ3v) is 4.79. The molecule has 28 heavy (non-hydrogen) atoms. The number of ether oxygens (including phenoxy) is 1. The zero-order valence-electron chi connectivity index (χ0n) is 15.0. The molecule has 0 aliphatic rings. The Morgan fingerprint density at radius 2 is 2.04 bits per heavy atom. The third kappa shape index (κ3) is 4.07. The zero-order chi connectivity index (χ0) is 20.4. The van der Waals surface area contributed by atoms with E-state index in [1.54, 1.807) is 0 Å². The fraction of sp³-hybridized carbons (Fsp3) is 0.167. The molecule has 1 heterocycles. The second-order valence-electron chi connectivity index (χ2n) is 6.10. The number of nitrogens with two attached hydrogens (primary N) is 1. The molecular weight excluding hydrogens is 384 g/mol. The van der Waals surface area contributed by atoms with Gasteiger partial charge in [-0.2, -0.15) is 0 Å². The van der Waals surface area contributed by atoms with Crippen LogP contribution in [0.15, 0.2) is 30.3 Å². The van der Waals surface area contributed by atoms with E-state index in [1.165, 1.54) is 23.5 Å². The van der Waals surface area contributed by atoms with Crippen molar-refractivity contribution in [1.82, 2.24) is 4.98 Å². The molecule has 0 saturated heterocycles. The predicted molar refractivity (Wildman–Crippen MR) is 106 cm³/mol. The van der Waals surface area contributed by atoms with Crippen molar-refractivity contribution < 1.29 is 19.2 Å². The molecule has 3 aromatic rings. The first-order valence-corrected chi connectivity index (χ1v) is 8.95. The number of thiazole rings is 1. The Bertz CT molecular complexity index is 1110. The van der Waals surface area contributed by atoms with E-state index in [9.17, 15) is 19.7 Å². The van der Waals surface area contributed by atoms with Crippen LogP contribution in [-0.2, 0) is 9.53 Å². The lowest BCUT2D eigenvalue weighted by Gasteiger charge is -2.05. The van der Waals surface area contributed by atoms with Gasteiger partial charge in [0.1, 0.15) is 5.69 Å². The van der Waals surface area contributed by atoms with Crippen LogP contribution in [0.4, 0.5) is 16.5 Å². The summed E-state index contributed by atoms with van der Waals surface area (Å²) in [6, 6.07) is 7.51. The van der Waals surface area contributed by atoms with E-state index >= 15 is 0 Å². The first-order valence-electron chi connectivity index (χ1n) is 8.13. The van der Waals surface area contributed by atoms with Crippen molar-refractivity contribution in [2.24, 2.45) is 0 Å². The molecule has 2 aromatic carbocycles. The minimum absolute atomic E-state index is 0.0688. The number of benzene rings is 2. The summed E-state index contributed by atoms with van der Waals surface area (Å²) in [5, 5.41) is 13.9. The van der Waals surface area contributed by atoms with E-state index < -0.39 is 29.1 Å². The van der Waals surface area contributed by atoms with E-state index in [0.29, 0.717) is 5.13 Å². The summed E-state index contributed by atoms with van der Waals surface area (Å²) >= 11 is 1.32. The Balaban J connectivity index is 1.64. The molecule has 0 radical (unpaired) electrons. The average molecular weight is 400 g/mol. The number of nitrogens with one attached hydrogen (secondary N) is 1. The molecule has 1 amide bonds. The highest BCUT2D eigenvalue weighted by atomic mass is 32.1. The summed E-state index contributed by atoms with van der Waals surface area (Å²) in [7, 11) is 0. The topological polar surface area (TPSA) is 137 Å². The summed E-state index contributed by atoms with van der Waals surface area (Å²) in [4.78, 5) is 38.7. The second-order valence-corrected chi connectivity index (χ2v) is 7.13. The van der Waals surface area contributed by atoms with Crippen molar-refractivity contribution in [2.75, 3.05) is 17.7 Å². The van der Waals surface area contributed by atoms with Crippen LogP contribution in [0.1, 0.15) is 21.5 Å². The minimum atomic E-state index is -0.867. The van der Waals surface area contributed by atoms with Crippen LogP contribution in [0.2, 0.25) is 0 Å². The number of nitrogens with zero attached hydrogens (tertiary/aromatic N) is 2. The maximum Gasteiger partial charge on any atom is 0.338 e. The zero-order valence-corrected chi connectivity index (χ0v) is 15.8. The van der Waals surface area contributed by atoms with Gasteiger partial charge in [-0.15, -0.1) is 0 Å². The first kappa shape index (κ1) is 19.2. The maximum absolute atomic E-state index is 12.1. The number of anilines is 2. The predicted octanol–water partition coefficient (Wildman–Crippen LogP) is 3.20. The van der Waals surface area contributed by atoms with Gasteiger partial charge in [0, 0.05) is 6.07 Å². The van der Waals surface area contributed by atoms with Gasteiger partial charge >= 0.3 is 5.97 Å². The lowest BCUT2D eigenvalue weighted by atomic mass is 10.1. The molecule has 0 bridgehead atoms. The molecule has 9 nitrogen and oxygen atoms in total. The normalized spacial score (nSPS) is 10.6. The fourth-order valence-electron chi connectivity index (χ4n) is 2.62. The molecule has 0 fully saturated rings. The van der Waals surface area contributed by atoms with Gasteiger partial charge in [-0.3, -0.25) is 20.2 Å². The summed E-state index contributed by atoms with van der Waals surface area (Å²) in [5.74, 6) is -1.43. The van der Waals surface area contributed by atoms with Crippen LogP contribution < -0.4 is 11.1 Å². The van der Waals surface area contributed by atoms with E-state index in [0.717, 1.165) is 27.4 Å². The molecule has 0 spiro atoms. The highest BCUT2D eigenvalue weighted by Gasteiger charge is 2.18. The summed E-state index contributed by atoms with van der Waals surface area (Å²) in [6.07, 6.45) is 0. The molecule has 3 N–H and O–H groups in total. The first-order chi connectivity index (χ1) is 13.2. The molecule has 10 heteroatoms. The van der Waals surface area contributed by atoms with Crippen molar-refractivity contribution in [2.45, 2.75) is 13.8 Å². The van der Waals surface area contributed by atoms with Gasteiger partial charge in [0.05, 0.1) is 20.7 Å². The molecule has 0 atom stereocenters. The van der Waals surface area contributed by atoms with E-state index in [1.807, 2.05) is 26.0 Å². The molecule has 0 aliphatic carbocycles. The Morgan fingerprint density at radius 3 is 2.75 bits per heavy atom. The molecule has 3 rings (SSSR count). The highest BCUT2D eigenvalue weighted by molar-refractivity contribution is 7.22. The van der Waals surface area contributed by atoms with Crippen LogP contribution in [-0.4, -0.2) is 28.4 Å². The number of fused-ring (bicyclic) bond motifs is 1. The number of aromatic nitrogens is 1. The number of esters is 1. The number of hydrogen-bond donors (Lipinski definition) is 2. The van der Waals surface area contributed by atoms with E-state index in [4.69, 9.17) is 10.5 Å². The third-order valence-electron chi connectivity index (χ3n) is 3.87. The number of carbonyl (C=O) groups excluding carboxylic acids is 2. The number of rotatable bonds is 5. The monoisotopic (exact) mass is 400 g/mol. The van der Waals surface area contributed by atoms with Crippen LogP contribution in [0, 0.1) is 24.0 Å². The number of nitro benzene ring substituents is 1. The molecule has 0 unspecified atom stereocenters. The summed E-state index contributed by atoms with van der Waals surface area (Å²) < 4.78 is 5.86. The van der Waals surface area contributed by atoms with Gasteiger partial charge in [0.25, 0.3) is 11.6 Å². The van der Waals surface area contributed by atoms with Gasteiger partial charge in [-0.05, 0) is 43.2 Å². The van der Waals surface area contributed by atoms with Crippen LogP contribution in [0.5, 0.6) is 0 Å². The quantitative estimate of drug-likeness (QED) is 0.290. The largest absolute Gasteiger partial charge is 0.452 e. The number of nitrogen functional groups attached to an aromatic ring is 1. The molecule has 144 valence electrons. The van der Waals surface area contributed by atoms with Crippen molar-refractivity contribution >= 4 is 49.9 Å². The van der Waals surface area contributed by atoms with Crippen molar-refractivity contribution in [1.29, 1.82) is 0 Å². The van der Waals surface area contributed by atoms with Crippen molar-refractivity contribution in [3.63, 3.8) is 0 Å². The van der Waals surface area contributed by atoms with Crippen LogP contribution >= 0.6 is 11.3 Å². The molecule has 0 saturated carbocycles. The lowest BCUT2D eigenvalue weighted by Crippen LogP contribution is -2.20. The summed E-state index contributed by atoms with van der Waals surface area (Å²) in [6.45, 7) is 3.37. The van der Waals surface area contributed by atoms with Crippen molar-refractivity contribution in [3.05, 3.63) is 57.1 Å². The van der Waals surface area contributed by atoms with Crippen LogP contribution in [0.3, 0.4) is 0 Å². The summed E-state index contributed by atoms with van der Waals surface area (Å²) in [5.41, 5.74) is 7.85. The Kier molecular flexibility index (Phi) is 5.23. The Hall–Kier alpha value is -3.53. The molecule has 0 aliphatic heterocycles. The van der Waals surface area contributed by atoms with Crippen LogP contribution in [0.25, 0.3) is 10.2 Å². The SMILES string of the molecule is Cc1cc(C)c2nc(NC(=O)COC(=O)c3ccc(N)c([N+](=O)[O-])c3)sc2c1. The number of hydrogen-bond acceptors (Lipinski definition) is 8. The van der Waals surface area contributed by atoms with E-state index in [2.05, 4.69) is 10.3 Å². The molecule has 1 aromatic heterocycles. The maximum atomic E-state index is 12.1. The number of amides is 1. The van der Waals surface area contributed by atoms with Crippen molar-refractivity contribution in [3.8, 4) is 0 Å². The standard InChI is InChI=1S/C18H16N4O5S/c1-9-5-10(2)16-14(6-9)28-18(21-16)20-15(23)8-27-17(24)11-3-4-12(19)13(7-11)22(25)26/h3-7H,8,19H2,1-2H3,(H,20,21,23). The van der Waals surface area contributed by atoms with Gasteiger partial charge in [0.15, 0.2) is 11.7 Å². The number of aryl methyl sites for hydroxylation is 2. The highest BCUT2D eigenvalue weighted by Crippen LogP contribution is 2.29. The van der Waals surface area contributed by atoms with E-state index in [-0.39, 0.29) is 11.3 Å². The Labute approximate surface area is 163 Å². The van der Waals surface area contributed by atoms with Gasteiger partial charge < -0.3 is 10.5 Å². The fourth-order valence-corrected chi connectivity index (χ4v) is 3.68. The minimum Gasteiger partial charge on any atom is -0.452 e. The van der Waals surface area contributed by atoms with Gasteiger partial charge in [-0.25, -0.2) is 9.78 Å². The second kappa shape index (κ2) is 7.61. The van der Waals surface area contributed by atoms with Gasteiger partial charge in [0.2, 0.25) is 0 Å². The lowest BCUT2D eigenvalue weighted by molar-refractivity contribution is -0.383. The Morgan fingerprint density at radius 1 is 1.29 bits per heavy atom. The average Bonchev–Trinajstić information content (AvgIpc) is 3.02. The smallest absolute Gasteiger partial charge is 0.338 e. The number of nitro groups is 1. The van der Waals surface area contributed by atoms with Gasteiger partial charge in [-0.1, -0.05) is 17.4 Å². The molecular formula is C18H16N4O5S. The number of carbonyl (C=O) groups is 2.